The summed E-state index contributed by atoms with van der Waals surface area (Å²) in [5.41, 5.74) is -0.0140. The molecule has 5 nitrogen and oxygen atoms in total. The monoisotopic (exact) mass is 358 g/mol. The number of hydrogen-bond donors (Lipinski definition) is 2. The fourth-order valence-corrected chi connectivity index (χ4v) is 2.29. The van der Waals surface area contributed by atoms with Gasteiger partial charge in [0.1, 0.15) is 11.9 Å². The second-order valence-corrected chi connectivity index (χ2v) is 4.73. The van der Waals surface area contributed by atoms with Gasteiger partial charge in [-0.2, -0.15) is 0 Å². The second kappa shape index (κ2) is 11.4. The highest BCUT2D eigenvalue weighted by Gasteiger charge is 2.28. The van der Waals surface area contributed by atoms with Crippen molar-refractivity contribution in [3.8, 4) is 5.75 Å². The van der Waals surface area contributed by atoms with Crippen LogP contribution in [0.4, 0.5) is 14.5 Å². The minimum absolute atomic E-state index is 0.0548. The van der Waals surface area contributed by atoms with Gasteiger partial charge in [0, 0.05) is 18.1 Å². The molecule has 0 spiro atoms. The van der Waals surface area contributed by atoms with Crippen molar-refractivity contribution in [3.63, 3.8) is 0 Å². The van der Waals surface area contributed by atoms with Gasteiger partial charge in [-0.05, 0) is 12.8 Å². The summed E-state index contributed by atoms with van der Waals surface area (Å²) < 4.78 is 33.0. The maximum atomic E-state index is 14.1. The third-order valence-electron chi connectivity index (χ3n) is 3.39. The zero-order valence-corrected chi connectivity index (χ0v) is 15.8. The number of hydrogen-bond acceptors (Lipinski definition) is 4. The Hall–Kier alpha value is -2.18. The van der Waals surface area contributed by atoms with Crippen LogP contribution < -0.4 is 15.4 Å². The molecule has 142 valence electrons. The van der Waals surface area contributed by atoms with Crippen molar-refractivity contribution in [2.75, 3.05) is 12.4 Å². The topological polar surface area (TPSA) is 67.4 Å². The van der Waals surface area contributed by atoms with Crippen LogP contribution in [-0.2, 0) is 16.0 Å². The zero-order valence-electron chi connectivity index (χ0n) is 15.8. The Morgan fingerprint density at radius 1 is 1.24 bits per heavy atom. The largest absolute Gasteiger partial charge is 0.492 e. The van der Waals surface area contributed by atoms with Crippen molar-refractivity contribution >= 4 is 17.5 Å². The van der Waals surface area contributed by atoms with Crippen LogP contribution in [0, 0.1) is 11.6 Å². The van der Waals surface area contributed by atoms with Crippen LogP contribution in [0.15, 0.2) is 6.07 Å². The summed E-state index contributed by atoms with van der Waals surface area (Å²) in [6, 6.07) is 0.368. The second-order valence-electron chi connectivity index (χ2n) is 4.73. The third kappa shape index (κ3) is 5.69. The molecule has 2 rings (SSSR count). The third-order valence-corrected chi connectivity index (χ3v) is 3.39. The Labute approximate surface area is 148 Å². The number of nitrogens with one attached hydrogen (secondary N) is 2. The van der Waals surface area contributed by atoms with Crippen LogP contribution in [0.2, 0.25) is 0 Å². The van der Waals surface area contributed by atoms with Gasteiger partial charge in [0.15, 0.2) is 11.6 Å². The van der Waals surface area contributed by atoms with Gasteiger partial charge in [0.2, 0.25) is 11.8 Å². The molecule has 1 fully saturated rings. The molecule has 1 aromatic carbocycles. The predicted octanol–water partition coefficient (Wildman–Crippen LogP) is 3.81. The normalized spacial score (nSPS) is 15.9. The SMILES string of the molecule is CC.CC.CCc1c(F)cc(NC2CCC(=O)NC2=O)c(OC)c1F. The highest BCUT2D eigenvalue weighted by Crippen LogP contribution is 2.33. The summed E-state index contributed by atoms with van der Waals surface area (Å²) in [5.74, 6) is -2.50. The number of carbonyl (C=O) groups excluding carboxylic acids is 2. The average Bonchev–Trinajstić information content (AvgIpc) is 2.61. The van der Waals surface area contributed by atoms with Crippen molar-refractivity contribution in [1.29, 1.82) is 0 Å². The number of imide groups is 1. The van der Waals surface area contributed by atoms with Gasteiger partial charge in [-0.25, -0.2) is 8.78 Å². The van der Waals surface area contributed by atoms with Crippen LogP contribution in [-0.4, -0.2) is 25.0 Å². The molecular weight excluding hydrogens is 330 g/mol. The van der Waals surface area contributed by atoms with E-state index in [0.717, 1.165) is 6.07 Å². The van der Waals surface area contributed by atoms with Crippen molar-refractivity contribution in [3.05, 3.63) is 23.3 Å². The zero-order chi connectivity index (χ0) is 19.6. The van der Waals surface area contributed by atoms with Crippen molar-refractivity contribution in [2.24, 2.45) is 0 Å². The molecule has 2 amide bonds. The van der Waals surface area contributed by atoms with E-state index in [4.69, 9.17) is 4.74 Å². The van der Waals surface area contributed by atoms with Gasteiger partial charge in [-0.3, -0.25) is 14.9 Å². The number of ether oxygens (including phenoxy) is 1. The first-order chi connectivity index (χ1) is 12.0. The lowest BCUT2D eigenvalue weighted by molar-refractivity contribution is -0.133. The van der Waals surface area contributed by atoms with Gasteiger partial charge in [0.05, 0.1) is 12.8 Å². The first-order valence-corrected chi connectivity index (χ1v) is 8.63. The Morgan fingerprint density at radius 3 is 2.32 bits per heavy atom. The molecule has 1 aliphatic heterocycles. The van der Waals surface area contributed by atoms with E-state index < -0.39 is 23.6 Å². The van der Waals surface area contributed by atoms with Crippen LogP contribution >= 0.6 is 0 Å². The van der Waals surface area contributed by atoms with Gasteiger partial charge in [-0.1, -0.05) is 34.6 Å². The first-order valence-electron chi connectivity index (χ1n) is 8.63. The molecule has 0 aromatic heterocycles. The van der Waals surface area contributed by atoms with E-state index in [1.807, 2.05) is 27.7 Å². The van der Waals surface area contributed by atoms with E-state index in [2.05, 4.69) is 10.6 Å². The summed E-state index contributed by atoms with van der Waals surface area (Å²) >= 11 is 0. The molecule has 0 aliphatic carbocycles. The highest BCUT2D eigenvalue weighted by atomic mass is 19.1. The molecule has 1 aromatic rings. The Balaban J connectivity index is 0.00000134. The highest BCUT2D eigenvalue weighted by molar-refractivity contribution is 6.01. The Kier molecular flexibility index (Phi) is 10.4. The molecule has 1 saturated heterocycles. The van der Waals surface area contributed by atoms with Crippen molar-refractivity contribution in [2.45, 2.75) is 59.9 Å². The van der Waals surface area contributed by atoms with Gasteiger partial charge in [-0.15, -0.1) is 0 Å². The van der Waals surface area contributed by atoms with E-state index in [1.165, 1.54) is 7.11 Å². The molecule has 7 heteroatoms. The lowest BCUT2D eigenvalue weighted by Gasteiger charge is -2.24. The number of amides is 2. The maximum Gasteiger partial charge on any atom is 0.249 e. The molecule has 25 heavy (non-hydrogen) atoms. The number of piperidine rings is 1. The first kappa shape index (κ1) is 22.8. The number of anilines is 1. The molecular formula is C18H28F2N2O3. The predicted molar refractivity (Wildman–Crippen MR) is 94.8 cm³/mol. The van der Waals surface area contributed by atoms with Gasteiger partial charge in [0.25, 0.3) is 0 Å². The molecule has 1 aliphatic rings. The van der Waals surface area contributed by atoms with E-state index >= 15 is 0 Å². The van der Waals surface area contributed by atoms with Crippen molar-refractivity contribution in [1.82, 2.24) is 5.32 Å². The molecule has 0 saturated carbocycles. The minimum atomic E-state index is -0.783. The fraction of sp³-hybridized carbons (Fsp3) is 0.556. The molecule has 0 bridgehead atoms. The van der Waals surface area contributed by atoms with Crippen LogP contribution in [0.3, 0.4) is 0 Å². The summed E-state index contributed by atoms with van der Waals surface area (Å²) in [6.07, 6.45) is 0.614. The molecule has 2 N–H and O–H groups in total. The van der Waals surface area contributed by atoms with Crippen molar-refractivity contribution < 1.29 is 23.1 Å². The lowest BCUT2D eigenvalue weighted by Crippen LogP contribution is -2.47. The standard InChI is InChI=1S/C14H16F2N2O3.2C2H6/c1-3-7-8(15)6-10(13(21-2)12(7)16)17-9-4-5-11(19)18-14(9)20;2*1-2/h6,9,17H,3-5H2,1-2H3,(H,18,19,20);2*1-2H3. The number of halogens is 2. The van der Waals surface area contributed by atoms with Crippen LogP contribution in [0.1, 0.15) is 53.0 Å². The van der Waals surface area contributed by atoms with Gasteiger partial charge < -0.3 is 10.1 Å². The van der Waals surface area contributed by atoms with E-state index in [-0.39, 0.29) is 42.2 Å². The average molecular weight is 358 g/mol. The number of rotatable bonds is 4. The minimum Gasteiger partial charge on any atom is -0.492 e. The Morgan fingerprint density at radius 2 is 1.84 bits per heavy atom. The smallest absolute Gasteiger partial charge is 0.249 e. The molecule has 1 atom stereocenters. The molecule has 0 radical (unpaired) electrons. The summed E-state index contributed by atoms with van der Waals surface area (Å²) in [4.78, 5) is 22.8. The summed E-state index contributed by atoms with van der Waals surface area (Å²) in [7, 11) is 1.27. The van der Waals surface area contributed by atoms with E-state index in [1.54, 1.807) is 6.92 Å². The quantitative estimate of drug-likeness (QED) is 0.803. The maximum absolute atomic E-state index is 14.1. The fourth-order valence-electron chi connectivity index (χ4n) is 2.29. The summed E-state index contributed by atoms with van der Waals surface area (Å²) in [6.45, 7) is 9.63. The molecule has 1 unspecified atom stereocenters. The molecule has 1 heterocycles. The van der Waals surface area contributed by atoms with E-state index in [9.17, 15) is 18.4 Å². The van der Waals surface area contributed by atoms with Crippen LogP contribution in [0.5, 0.6) is 5.75 Å². The van der Waals surface area contributed by atoms with Crippen LogP contribution in [0.25, 0.3) is 0 Å². The number of carbonyl (C=O) groups is 2. The van der Waals surface area contributed by atoms with E-state index in [0.29, 0.717) is 0 Å². The Bertz CT molecular complexity index is 592. The van der Waals surface area contributed by atoms with Gasteiger partial charge >= 0.3 is 0 Å². The lowest BCUT2D eigenvalue weighted by atomic mass is 10.0. The number of methoxy groups -OCH3 is 1. The summed E-state index contributed by atoms with van der Waals surface area (Å²) in [5, 5.41) is 4.90. The number of benzene rings is 1.